The van der Waals surface area contributed by atoms with Crippen LogP contribution in [-0.4, -0.2) is 71.7 Å². The Hall–Kier alpha value is -3.08. The number of nitrogens with zero attached hydrogens (tertiary/aromatic N) is 1. The van der Waals surface area contributed by atoms with Gasteiger partial charge in [-0.15, -0.1) is 0 Å². The number of amides is 3. The van der Waals surface area contributed by atoms with Crippen LogP contribution in [0, 0.1) is 12.8 Å². The van der Waals surface area contributed by atoms with Crippen molar-refractivity contribution in [2.24, 2.45) is 11.7 Å². The minimum atomic E-state index is -0.979. The summed E-state index contributed by atoms with van der Waals surface area (Å²) in [6.07, 6.45) is 3.69. The van der Waals surface area contributed by atoms with Gasteiger partial charge in [0.1, 0.15) is 23.1 Å². The van der Waals surface area contributed by atoms with Gasteiger partial charge in [-0.3, -0.25) is 14.4 Å². The molecule has 43 heavy (non-hydrogen) atoms. The molecule has 9 nitrogen and oxygen atoms in total. The second-order valence-electron chi connectivity index (χ2n) is 12.6. The van der Waals surface area contributed by atoms with E-state index in [9.17, 15) is 14.4 Å². The molecule has 2 aliphatic heterocycles. The van der Waals surface area contributed by atoms with Crippen molar-refractivity contribution in [3.05, 3.63) is 65.2 Å². The third-order valence-electron chi connectivity index (χ3n) is 8.23. The molecule has 4 bridgehead atoms. The number of fused-ring (bicyclic) bond motifs is 4. The monoisotopic (exact) mass is 609 g/mol. The van der Waals surface area contributed by atoms with Gasteiger partial charge in [-0.2, -0.15) is 12.6 Å². The van der Waals surface area contributed by atoms with Gasteiger partial charge in [0.25, 0.3) is 0 Å². The van der Waals surface area contributed by atoms with Crippen LogP contribution in [-0.2, 0) is 27.3 Å². The molecular formula is C33H47N5O4S. The number of piperidine rings is 1. The van der Waals surface area contributed by atoms with Gasteiger partial charge in [-0.1, -0.05) is 36.4 Å². The van der Waals surface area contributed by atoms with Crippen LogP contribution < -0.4 is 26.4 Å². The number of rotatable bonds is 6. The van der Waals surface area contributed by atoms with Crippen LogP contribution in [0.15, 0.2) is 48.5 Å². The Bertz CT molecular complexity index is 1250. The highest BCUT2D eigenvalue weighted by molar-refractivity contribution is 7.82. The largest absolute Gasteiger partial charge is 0.494 e. The molecule has 2 unspecified atom stereocenters. The van der Waals surface area contributed by atoms with E-state index in [1.54, 1.807) is 0 Å². The number of thiol groups is 1. The third-order valence-corrected chi connectivity index (χ3v) is 8.74. The van der Waals surface area contributed by atoms with E-state index in [2.05, 4.69) is 16.0 Å². The highest BCUT2D eigenvalue weighted by Crippen LogP contribution is 2.24. The van der Waals surface area contributed by atoms with Crippen molar-refractivity contribution in [2.75, 3.05) is 26.2 Å². The number of nitrogens with one attached hydrogen (secondary N) is 3. The average molecular weight is 610 g/mol. The molecule has 0 saturated carbocycles. The van der Waals surface area contributed by atoms with Gasteiger partial charge in [0.2, 0.25) is 17.7 Å². The number of ether oxygens (including phenoxy) is 1. The van der Waals surface area contributed by atoms with Crippen LogP contribution in [0.25, 0.3) is 0 Å². The van der Waals surface area contributed by atoms with E-state index in [4.69, 9.17) is 23.1 Å². The summed E-state index contributed by atoms with van der Waals surface area (Å²) in [5, 5.41) is 8.23. The first-order valence-electron chi connectivity index (χ1n) is 15.3. The predicted molar refractivity (Wildman–Crippen MR) is 172 cm³/mol. The van der Waals surface area contributed by atoms with Crippen molar-refractivity contribution in [3.63, 3.8) is 0 Å². The first-order valence-corrected chi connectivity index (χ1v) is 15.9. The molecule has 0 aromatic heterocycles. The fourth-order valence-corrected chi connectivity index (χ4v) is 6.02. The molecule has 234 valence electrons. The van der Waals surface area contributed by atoms with Crippen molar-refractivity contribution in [3.8, 4) is 5.75 Å². The van der Waals surface area contributed by atoms with Crippen molar-refractivity contribution in [2.45, 2.75) is 82.3 Å². The van der Waals surface area contributed by atoms with Gasteiger partial charge < -0.3 is 31.3 Å². The number of hydrogen-bond acceptors (Lipinski definition) is 7. The van der Waals surface area contributed by atoms with Gasteiger partial charge in [-0.05, 0) is 87.6 Å². The minimum Gasteiger partial charge on any atom is -0.494 e. The van der Waals surface area contributed by atoms with Gasteiger partial charge in [0.05, 0.1) is 6.61 Å². The van der Waals surface area contributed by atoms with Crippen LogP contribution in [0.1, 0.15) is 56.2 Å². The Labute approximate surface area is 261 Å². The molecule has 3 amide bonds. The molecule has 1 saturated heterocycles. The third kappa shape index (κ3) is 9.71. The maximum Gasteiger partial charge on any atom is 0.242 e. The zero-order chi connectivity index (χ0) is 31.0. The first-order chi connectivity index (χ1) is 20.5. The first kappa shape index (κ1) is 32.8. The minimum absolute atomic E-state index is 0.203. The van der Waals surface area contributed by atoms with Crippen molar-refractivity contribution in [1.82, 2.24) is 20.9 Å². The molecule has 4 rings (SSSR count). The lowest BCUT2D eigenvalue weighted by Crippen LogP contribution is -2.61. The van der Waals surface area contributed by atoms with E-state index < -0.39 is 28.8 Å². The summed E-state index contributed by atoms with van der Waals surface area (Å²) in [4.78, 5) is 43.0. The standard InChI is InChI=1S/C33H47N5O4S/c1-22-11-13-26-18-25(22)19-35-30(39)27(14-12-23-8-5-4-6-9-23)37-31(40)28(36-21-33(2,3)34)29(43)32(41)38-16-7-10-24(20-38)15-17-42-26/h4-6,8-9,11,13,18,24,27-29,36,43H,7,10,12,14-17,19-21,34H2,1-3H3,(H,35,39)(H,37,40)/t24?,27-,28-,29?/m0/s1. The summed E-state index contributed by atoms with van der Waals surface area (Å²) in [6, 6.07) is 13.9. The van der Waals surface area contributed by atoms with E-state index in [-0.39, 0.29) is 18.4 Å². The van der Waals surface area contributed by atoms with Gasteiger partial charge in [0, 0.05) is 31.7 Å². The maximum atomic E-state index is 13.9. The molecule has 2 heterocycles. The van der Waals surface area contributed by atoms with Crippen LogP contribution in [0.2, 0.25) is 0 Å². The number of carbonyl (C=O) groups excluding carboxylic acids is 3. The molecule has 1 fully saturated rings. The van der Waals surface area contributed by atoms with Crippen LogP contribution in [0.5, 0.6) is 5.75 Å². The quantitative estimate of drug-likeness (QED) is 0.321. The Morgan fingerprint density at radius 3 is 2.60 bits per heavy atom. The van der Waals surface area contributed by atoms with E-state index in [0.717, 1.165) is 41.7 Å². The summed E-state index contributed by atoms with van der Waals surface area (Å²) in [6.45, 7) is 8.02. The zero-order valence-electron chi connectivity index (χ0n) is 25.6. The number of hydrogen-bond donors (Lipinski definition) is 5. The molecule has 5 N–H and O–H groups in total. The van der Waals surface area contributed by atoms with Gasteiger partial charge >= 0.3 is 0 Å². The van der Waals surface area contributed by atoms with Gasteiger partial charge in [-0.25, -0.2) is 0 Å². The highest BCUT2D eigenvalue weighted by Gasteiger charge is 2.37. The highest BCUT2D eigenvalue weighted by atomic mass is 32.1. The van der Waals surface area contributed by atoms with Crippen molar-refractivity contribution < 1.29 is 19.1 Å². The summed E-state index contributed by atoms with van der Waals surface area (Å²) in [5.74, 6) is 0.0979. The number of carbonyl (C=O) groups is 3. The molecule has 0 aliphatic carbocycles. The Balaban J connectivity index is 1.63. The summed E-state index contributed by atoms with van der Waals surface area (Å²) in [7, 11) is 0. The van der Waals surface area contributed by atoms with Crippen LogP contribution >= 0.6 is 12.6 Å². The Morgan fingerprint density at radius 2 is 1.86 bits per heavy atom. The van der Waals surface area contributed by atoms with Crippen LogP contribution in [0.3, 0.4) is 0 Å². The number of nitrogens with two attached hydrogens (primary N) is 1. The molecule has 2 aromatic carbocycles. The second kappa shape index (κ2) is 15.1. The molecule has 2 aromatic rings. The molecule has 0 spiro atoms. The van der Waals surface area contributed by atoms with E-state index >= 15 is 0 Å². The molecule has 0 radical (unpaired) electrons. The lowest BCUT2D eigenvalue weighted by Gasteiger charge is -2.36. The number of aryl methyl sites for hydroxylation is 2. The van der Waals surface area contributed by atoms with E-state index in [1.807, 2.05) is 74.2 Å². The Morgan fingerprint density at radius 1 is 1.09 bits per heavy atom. The topological polar surface area (TPSA) is 126 Å². The predicted octanol–water partition coefficient (Wildman–Crippen LogP) is 2.74. The second-order valence-corrected chi connectivity index (χ2v) is 13.2. The number of benzene rings is 2. The van der Waals surface area contributed by atoms with E-state index in [1.165, 1.54) is 0 Å². The summed E-state index contributed by atoms with van der Waals surface area (Å²) in [5.41, 5.74) is 8.66. The summed E-state index contributed by atoms with van der Waals surface area (Å²) < 4.78 is 6.11. The summed E-state index contributed by atoms with van der Waals surface area (Å²) >= 11 is 4.70. The molecule has 10 heteroatoms. The fourth-order valence-electron chi connectivity index (χ4n) is 5.61. The molecule has 2 aliphatic rings. The fraction of sp³-hybridized carbons (Fsp3) is 0.545. The lowest BCUT2D eigenvalue weighted by atomic mass is 9.94. The average Bonchev–Trinajstić information content (AvgIpc) is 2.98. The van der Waals surface area contributed by atoms with Crippen LogP contribution in [0.4, 0.5) is 0 Å². The lowest BCUT2D eigenvalue weighted by molar-refractivity contribution is -0.136. The SMILES string of the molecule is Cc1ccc2cc1CNC(=O)[C@H](CCc1ccccc1)NC(=O)[C@@H](NCC(C)(C)N)C(S)C(=O)N1CCCC(CCO2)C1. The molecular weight excluding hydrogens is 562 g/mol. The Kier molecular flexibility index (Phi) is 11.5. The van der Waals surface area contributed by atoms with Gasteiger partial charge in [0.15, 0.2) is 0 Å². The molecule has 4 atom stereocenters. The van der Waals surface area contributed by atoms with E-state index in [0.29, 0.717) is 45.0 Å². The van der Waals surface area contributed by atoms with Crippen molar-refractivity contribution in [1.29, 1.82) is 0 Å². The van der Waals surface area contributed by atoms with Crippen molar-refractivity contribution >= 4 is 30.4 Å². The smallest absolute Gasteiger partial charge is 0.242 e. The maximum absolute atomic E-state index is 13.9. The normalized spacial score (nSPS) is 24.3. The zero-order valence-corrected chi connectivity index (χ0v) is 26.5.